The molecule has 3 amide bonds. The monoisotopic (exact) mass is 348 g/mol. The molecule has 0 spiro atoms. The first-order valence-corrected chi connectivity index (χ1v) is 8.06. The number of imide groups is 1. The van der Waals surface area contributed by atoms with Crippen LogP contribution in [-0.4, -0.2) is 37.7 Å². The summed E-state index contributed by atoms with van der Waals surface area (Å²) in [5, 5.41) is 4.61. The molecule has 1 rings (SSSR count). The summed E-state index contributed by atoms with van der Waals surface area (Å²) in [6.45, 7) is 6.14. The number of hydrogen-bond donors (Lipinski definition) is 2. The smallest absolute Gasteiger partial charge is 0.331 e. The van der Waals surface area contributed by atoms with Gasteiger partial charge in [-0.3, -0.25) is 10.1 Å². The third-order valence-corrected chi connectivity index (χ3v) is 2.89. The predicted octanol–water partition coefficient (Wildman–Crippen LogP) is 2.12. The third-order valence-electron chi connectivity index (χ3n) is 2.89. The Labute approximate surface area is 147 Å². The molecule has 1 aromatic carbocycles. The fourth-order valence-corrected chi connectivity index (χ4v) is 1.75. The van der Waals surface area contributed by atoms with Crippen LogP contribution in [0.1, 0.15) is 26.3 Å². The molecule has 136 valence electrons. The average molecular weight is 348 g/mol. The van der Waals surface area contributed by atoms with Gasteiger partial charge in [0.25, 0.3) is 5.91 Å². The summed E-state index contributed by atoms with van der Waals surface area (Å²) < 4.78 is 10.2. The van der Waals surface area contributed by atoms with Crippen LogP contribution < -0.4 is 15.4 Å². The van der Waals surface area contributed by atoms with Crippen molar-refractivity contribution in [2.24, 2.45) is 5.92 Å². The minimum Gasteiger partial charge on any atom is -0.493 e. The van der Waals surface area contributed by atoms with E-state index >= 15 is 0 Å². The van der Waals surface area contributed by atoms with Gasteiger partial charge in [0.1, 0.15) is 5.75 Å². The molecule has 7 nitrogen and oxygen atoms in total. The van der Waals surface area contributed by atoms with Crippen molar-refractivity contribution >= 4 is 24.0 Å². The maximum Gasteiger partial charge on any atom is 0.331 e. The van der Waals surface area contributed by atoms with E-state index in [4.69, 9.17) is 9.47 Å². The Morgan fingerprint density at radius 2 is 1.92 bits per heavy atom. The summed E-state index contributed by atoms with van der Waals surface area (Å²) in [7, 11) is 0. The van der Waals surface area contributed by atoms with Gasteiger partial charge in [0.15, 0.2) is 6.61 Å². The largest absolute Gasteiger partial charge is 0.493 e. The Morgan fingerprint density at radius 3 is 2.60 bits per heavy atom. The summed E-state index contributed by atoms with van der Waals surface area (Å²) >= 11 is 0. The van der Waals surface area contributed by atoms with E-state index in [0.717, 1.165) is 5.56 Å². The lowest BCUT2D eigenvalue weighted by atomic mass is 10.2. The summed E-state index contributed by atoms with van der Waals surface area (Å²) in [5.41, 5.74) is 0.721. The van der Waals surface area contributed by atoms with Crippen LogP contribution >= 0.6 is 0 Å². The number of amides is 3. The predicted molar refractivity (Wildman–Crippen MR) is 94.0 cm³/mol. The third kappa shape index (κ3) is 8.55. The molecule has 0 bridgehead atoms. The molecular weight excluding hydrogens is 324 g/mol. The second-order valence-corrected chi connectivity index (χ2v) is 5.56. The van der Waals surface area contributed by atoms with Crippen molar-refractivity contribution in [1.29, 1.82) is 0 Å². The van der Waals surface area contributed by atoms with E-state index in [1.54, 1.807) is 18.2 Å². The minimum absolute atomic E-state index is 0.267. The zero-order valence-electron chi connectivity index (χ0n) is 14.7. The quantitative estimate of drug-likeness (QED) is 0.554. The molecule has 0 saturated carbocycles. The molecule has 0 heterocycles. The highest BCUT2D eigenvalue weighted by atomic mass is 16.5. The molecule has 0 aromatic heterocycles. The van der Waals surface area contributed by atoms with Gasteiger partial charge < -0.3 is 14.8 Å². The van der Waals surface area contributed by atoms with E-state index in [2.05, 4.69) is 10.6 Å². The second-order valence-electron chi connectivity index (χ2n) is 5.56. The van der Waals surface area contributed by atoms with E-state index in [1.807, 2.05) is 32.9 Å². The normalized spacial score (nSPS) is 10.6. The topological polar surface area (TPSA) is 93.7 Å². The summed E-state index contributed by atoms with van der Waals surface area (Å²) in [6, 6.07) is 6.61. The second kappa shape index (κ2) is 10.9. The molecule has 7 heteroatoms. The van der Waals surface area contributed by atoms with Crippen molar-refractivity contribution in [3.63, 3.8) is 0 Å². The van der Waals surface area contributed by atoms with Crippen molar-refractivity contribution < 1.29 is 23.9 Å². The van der Waals surface area contributed by atoms with Crippen LogP contribution in [0.5, 0.6) is 5.75 Å². The Kier molecular flexibility index (Phi) is 8.78. The zero-order valence-corrected chi connectivity index (χ0v) is 14.7. The minimum atomic E-state index is -0.697. The van der Waals surface area contributed by atoms with Crippen molar-refractivity contribution in [2.45, 2.75) is 20.8 Å². The molecule has 0 saturated heterocycles. The van der Waals surface area contributed by atoms with E-state index < -0.39 is 24.5 Å². The summed E-state index contributed by atoms with van der Waals surface area (Å²) in [5.74, 6) is -0.473. The lowest BCUT2D eigenvalue weighted by Gasteiger charge is -2.08. The average Bonchev–Trinajstić information content (AvgIpc) is 2.57. The number of rotatable bonds is 8. The molecule has 0 fully saturated rings. The number of urea groups is 1. The number of nitrogens with one attached hydrogen (secondary N) is 2. The van der Waals surface area contributed by atoms with Gasteiger partial charge in [0, 0.05) is 18.2 Å². The number of para-hydroxylation sites is 1. The number of esters is 1. The first-order valence-electron chi connectivity index (χ1n) is 8.06. The van der Waals surface area contributed by atoms with E-state index in [1.165, 1.54) is 6.08 Å². The molecule has 25 heavy (non-hydrogen) atoms. The van der Waals surface area contributed by atoms with Crippen molar-refractivity contribution in [3.05, 3.63) is 35.9 Å². The van der Waals surface area contributed by atoms with Crippen LogP contribution in [0.2, 0.25) is 0 Å². The van der Waals surface area contributed by atoms with Crippen molar-refractivity contribution in [2.75, 3.05) is 19.8 Å². The Balaban J connectivity index is 2.42. The SMILES string of the molecule is CCOc1ccccc1/C=C/C(=O)OCC(=O)NC(=O)NCC(C)C. The van der Waals surface area contributed by atoms with Crippen LogP contribution in [0.4, 0.5) is 4.79 Å². The molecular formula is C18H24N2O5. The van der Waals surface area contributed by atoms with Gasteiger partial charge in [0.2, 0.25) is 0 Å². The number of carbonyl (C=O) groups is 3. The lowest BCUT2D eigenvalue weighted by molar-refractivity contribution is -0.143. The maximum atomic E-state index is 11.7. The van der Waals surface area contributed by atoms with Crippen LogP contribution in [0, 0.1) is 5.92 Å². The highest BCUT2D eigenvalue weighted by Crippen LogP contribution is 2.19. The maximum absolute atomic E-state index is 11.7. The molecule has 0 aliphatic heterocycles. The van der Waals surface area contributed by atoms with Gasteiger partial charge in [-0.05, 0) is 25.0 Å². The number of ether oxygens (including phenoxy) is 2. The standard InChI is InChI=1S/C18H24N2O5/c1-4-24-15-8-6-5-7-14(15)9-10-17(22)25-12-16(21)20-18(23)19-11-13(2)3/h5-10,13H,4,11-12H2,1-3H3,(H2,19,20,21,23)/b10-9+. The molecule has 1 aromatic rings. The fraction of sp³-hybridized carbons (Fsp3) is 0.389. The Hall–Kier alpha value is -2.83. The van der Waals surface area contributed by atoms with E-state index in [9.17, 15) is 14.4 Å². The van der Waals surface area contributed by atoms with Crippen LogP contribution in [-0.2, 0) is 14.3 Å². The molecule has 2 N–H and O–H groups in total. The number of hydrogen-bond acceptors (Lipinski definition) is 5. The van der Waals surface area contributed by atoms with Gasteiger partial charge in [-0.2, -0.15) is 0 Å². The van der Waals surface area contributed by atoms with Gasteiger partial charge in [0.05, 0.1) is 6.61 Å². The molecule has 0 aliphatic rings. The van der Waals surface area contributed by atoms with E-state index in [-0.39, 0.29) is 5.92 Å². The highest BCUT2D eigenvalue weighted by Gasteiger charge is 2.10. The number of benzene rings is 1. The molecule has 0 aliphatic carbocycles. The van der Waals surface area contributed by atoms with Gasteiger partial charge in [-0.15, -0.1) is 0 Å². The van der Waals surface area contributed by atoms with Gasteiger partial charge in [-0.1, -0.05) is 32.0 Å². The first-order chi connectivity index (χ1) is 11.9. The Morgan fingerprint density at radius 1 is 1.20 bits per heavy atom. The van der Waals surface area contributed by atoms with Gasteiger partial charge in [-0.25, -0.2) is 9.59 Å². The molecule has 0 radical (unpaired) electrons. The van der Waals surface area contributed by atoms with Gasteiger partial charge >= 0.3 is 12.0 Å². The lowest BCUT2D eigenvalue weighted by Crippen LogP contribution is -2.42. The molecule has 0 atom stereocenters. The summed E-state index contributed by atoms with van der Waals surface area (Å²) in [4.78, 5) is 34.6. The zero-order chi connectivity index (χ0) is 18.7. The van der Waals surface area contributed by atoms with Crippen LogP contribution in [0.3, 0.4) is 0 Å². The van der Waals surface area contributed by atoms with E-state index in [0.29, 0.717) is 18.9 Å². The van der Waals surface area contributed by atoms with Crippen molar-refractivity contribution in [3.8, 4) is 5.75 Å². The summed E-state index contributed by atoms with van der Waals surface area (Å²) in [6.07, 6.45) is 2.74. The Bertz CT molecular complexity index is 626. The van der Waals surface area contributed by atoms with Crippen molar-refractivity contribution in [1.82, 2.24) is 10.6 Å². The first kappa shape index (κ1) is 20.2. The fourth-order valence-electron chi connectivity index (χ4n) is 1.75. The van der Waals surface area contributed by atoms with Crippen LogP contribution in [0.15, 0.2) is 30.3 Å². The number of carbonyl (C=O) groups excluding carboxylic acids is 3. The highest BCUT2D eigenvalue weighted by molar-refractivity contribution is 5.96. The van der Waals surface area contributed by atoms with Crippen LogP contribution in [0.25, 0.3) is 6.08 Å². The molecule has 0 unspecified atom stereocenters.